The van der Waals surface area contributed by atoms with E-state index in [4.69, 9.17) is 28.4 Å². The van der Waals surface area contributed by atoms with Crippen LogP contribution in [0.4, 0.5) is 0 Å². The highest BCUT2D eigenvalue weighted by Gasteiger charge is 2.14. The molecule has 11 nitrogen and oxygen atoms in total. The molecule has 0 heterocycles. The van der Waals surface area contributed by atoms with E-state index in [0.717, 1.165) is 12.2 Å². The summed E-state index contributed by atoms with van der Waals surface area (Å²) in [6, 6.07) is 25.7. The van der Waals surface area contributed by atoms with Crippen molar-refractivity contribution < 1.29 is 51.8 Å². The van der Waals surface area contributed by atoms with Crippen LogP contribution in [0, 0.1) is 0 Å². The van der Waals surface area contributed by atoms with Crippen molar-refractivity contribution in [1.82, 2.24) is 0 Å². The minimum absolute atomic E-state index is 0.00564. The molecule has 4 rings (SSSR count). The first-order valence-electron chi connectivity index (χ1n) is 14.6. The van der Waals surface area contributed by atoms with Crippen LogP contribution in [0.2, 0.25) is 0 Å². The number of ether oxygens (including phenoxy) is 6. The Labute approximate surface area is 283 Å². The van der Waals surface area contributed by atoms with Crippen LogP contribution in [-0.4, -0.2) is 47.5 Å². The highest BCUT2D eigenvalue weighted by molar-refractivity contribution is 8.00. The second kappa shape index (κ2) is 17.1. The molecule has 0 amide bonds. The summed E-state index contributed by atoms with van der Waals surface area (Å²) in [5.41, 5.74) is 1.36. The molecule has 0 aliphatic carbocycles. The van der Waals surface area contributed by atoms with Crippen LogP contribution >= 0.6 is 0 Å². The van der Waals surface area contributed by atoms with Crippen LogP contribution in [0.3, 0.4) is 0 Å². The van der Waals surface area contributed by atoms with Crippen LogP contribution in [-0.2, 0) is 51.0 Å². The Morgan fingerprint density at radius 2 is 0.857 bits per heavy atom. The molecule has 0 bridgehead atoms. The third-order valence-electron chi connectivity index (χ3n) is 6.60. The summed E-state index contributed by atoms with van der Waals surface area (Å²) in [5, 5.41) is 0. The van der Waals surface area contributed by atoms with E-state index in [0.29, 0.717) is 32.4 Å². The molecule has 0 fully saturated rings. The highest BCUT2D eigenvalue weighted by atomic mass is 32.2. The van der Waals surface area contributed by atoms with Gasteiger partial charge in [0.1, 0.15) is 23.0 Å². The number of carbonyl (C=O) groups excluding carboxylic acids is 4. The molecule has 49 heavy (non-hydrogen) atoms. The number of rotatable bonds is 16. The van der Waals surface area contributed by atoms with Crippen molar-refractivity contribution in [3.63, 3.8) is 0 Å². The summed E-state index contributed by atoms with van der Waals surface area (Å²) >= 11 is 0. The van der Waals surface area contributed by atoms with Crippen molar-refractivity contribution in [1.29, 1.82) is 0 Å². The molecule has 0 aliphatic heterocycles. The van der Waals surface area contributed by atoms with Gasteiger partial charge in [-0.15, -0.1) is 0 Å². The Balaban J connectivity index is 1.25. The molecule has 0 saturated carbocycles. The number of carbonyl (C=O) groups is 4. The maximum atomic E-state index is 13.6. The van der Waals surface area contributed by atoms with Gasteiger partial charge in [-0.2, -0.15) is 0 Å². The molecular weight excluding hydrogens is 652 g/mol. The minimum Gasteiger partial charge on any atom is -0.457 e. The topological polar surface area (TPSA) is 141 Å². The standard InChI is InChI=1S/C37H32O11S/c1-4-34(38)45-24-43-28-10-6-26(7-11-28)22-36(40)47-30-14-18-32(19-15-30)49(3,42)33-20-16-31(17-21-33)48-37(41)23-27-8-12-29(13-9-27)44-25-46-35(39)5-2/h4-21H,1-3,22-25H2. The van der Waals surface area contributed by atoms with Crippen molar-refractivity contribution in [3.05, 3.63) is 133 Å². The molecule has 0 aromatic heterocycles. The van der Waals surface area contributed by atoms with Crippen molar-refractivity contribution in [2.24, 2.45) is 0 Å². The fraction of sp³-hybridized carbons (Fsp3) is 0.108. The third-order valence-corrected chi connectivity index (χ3v) is 8.67. The number of hydrogen-bond acceptors (Lipinski definition) is 11. The Morgan fingerprint density at radius 1 is 0.531 bits per heavy atom. The molecule has 0 unspecified atom stereocenters. The van der Waals surface area contributed by atoms with Crippen molar-refractivity contribution >= 4 is 39.3 Å². The van der Waals surface area contributed by atoms with Gasteiger partial charge in [-0.1, -0.05) is 37.4 Å². The Kier molecular flexibility index (Phi) is 12.5. The molecule has 0 radical (unpaired) electrons. The van der Waals surface area contributed by atoms with E-state index in [1.54, 1.807) is 72.8 Å². The highest BCUT2D eigenvalue weighted by Crippen LogP contribution is 2.26. The first kappa shape index (κ1) is 35.7. The van der Waals surface area contributed by atoms with Crippen LogP contribution < -0.4 is 18.9 Å². The fourth-order valence-corrected chi connectivity index (χ4v) is 5.52. The smallest absolute Gasteiger partial charge is 0.333 e. The van der Waals surface area contributed by atoms with Crippen molar-refractivity contribution in [3.8, 4) is 23.0 Å². The summed E-state index contributed by atoms with van der Waals surface area (Å²) in [7, 11) is -2.93. The SMILES string of the molecule is C=CC(=O)OCOc1ccc(CC(=O)Oc2ccc(S(=C)(=O)c3ccc(OC(=O)Cc4ccc(OCOC(=O)C=C)cc4)cc3)cc2)cc1. The third kappa shape index (κ3) is 11.0. The normalized spacial score (nSPS) is 10.6. The molecule has 0 atom stereocenters. The van der Waals surface area contributed by atoms with E-state index in [9.17, 15) is 23.4 Å². The Hall–Kier alpha value is -6.14. The van der Waals surface area contributed by atoms with E-state index < -0.39 is 33.4 Å². The second-order valence-electron chi connectivity index (χ2n) is 10.1. The summed E-state index contributed by atoms with van der Waals surface area (Å²) in [6.45, 7) is 6.07. The van der Waals surface area contributed by atoms with Gasteiger partial charge >= 0.3 is 23.9 Å². The molecular formula is C37H32O11S. The zero-order valence-electron chi connectivity index (χ0n) is 26.2. The molecule has 0 saturated heterocycles. The molecule has 4 aromatic carbocycles. The minimum atomic E-state index is -2.93. The molecule has 252 valence electrons. The van der Waals surface area contributed by atoms with Crippen LogP contribution in [0.5, 0.6) is 23.0 Å². The Bertz CT molecular complexity index is 1760. The van der Waals surface area contributed by atoms with E-state index in [2.05, 4.69) is 19.0 Å². The number of esters is 4. The van der Waals surface area contributed by atoms with E-state index in [-0.39, 0.29) is 37.9 Å². The lowest BCUT2D eigenvalue weighted by Crippen LogP contribution is -2.12. The van der Waals surface area contributed by atoms with Crippen LogP contribution in [0.15, 0.2) is 132 Å². The van der Waals surface area contributed by atoms with Gasteiger partial charge < -0.3 is 28.4 Å². The number of benzene rings is 4. The molecule has 0 spiro atoms. The van der Waals surface area contributed by atoms with Gasteiger partial charge in [0.25, 0.3) is 0 Å². The largest absolute Gasteiger partial charge is 0.457 e. The van der Waals surface area contributed by atoms with Gasteiger partial charge in [-0.3, -0.25) is 13.8 Å². The van der Waals surface area contributed by atoms with Crippen LogP contribution in [0.1, 0.15) is 11.1 Å². The van der Waals surface area contributed by atoms with E-state index in [1.165, 1.54) is 24.3 Å². The predicted octanol–water partition coefficient (Wildman–Crippen LogP) is 5.25. The molecule has 0 N–H and O–H groups in total. The van der Waals surface area contributed by atoms with Gasteiger partial charge in [0.05, 0.1) is 12.8 Å². The Morgan fingerprint density at radius 3 is 1.18 bits per heavy atom. The number of hydrogen-bond donors (Lipinski definition) is 0. The van der Waals surface area contributed by atoms with Crippen LogP contribution in [0.25, 0.3) is 0 Å². The summed E-state index contributed by atoms with van der Waals surface area (Å²) < 4.78 is 44.6. The van der Waals surface area contributed by atoms with Gasteiger partial charge in [0, 0.05) is 31.5 Å². The molecule has 12 heteroatoms. The van der Waals surface area contributed by atoms with E-state index >= 15 is 0 Å². The van der Waals surface area contributed by atoms with Gasteiger partial charge in [0.15, 0.2) is 0 Å². The quantitative estimate of drug-likeness (QED) is 0.0503. The summed E-state index contributed by atoms with van der Waals surface area (Å²) in [5.74, 6) is 3.16. The first-order chi connectivity index (χ1) is 23.5. The molecule has 4 aromatic rings. The lowest BCUT2D eigenvalue weighted by molar-refractivity contribution is -0.145. The zero-order chi connectivity index (χ0) is 35.2. The second-order valence-corrected chi connectivity index (χ2v) is 12.4. The van der Waals surface area contributed by atoms with Crippen molar-refractivity contribution in [2.45, 2.75) is 22.6 Å². The first-order valence-corrected chi connectivity index (χ1v) is 16.3. The predicted molar refractivity (Wildman–Crippen MR) is 180 cm³/mol. The van der Waals surface area contributed by atoms with Gasteiger partial charge in [-0.05, 0) is 89.8 Å². The average Bonchev–Trinajstić information content (AvgIpc) is 3.10. The summed E-state index contributed by atoms with van der Waals surface area (Å²) in [4.78, 5) is 47.9. The molecule has 0 aliphatic rings. The fourth-order valence-electron chi connectivity index (χ4n) is 4.10. The maximum Gasteiger partial charge on any atom is 0.333 e. The van der Waals surface area contributed by atoms with E-state index in [1.807, 2.05) is 0 Å². The van der Waals surface area contributed by atoms with Gasteiger partial charge in [-0.25, -0.2) is 9.59 Å². The summed E-state index contributed by atoms with van der Waals surface area (Å²) in [6.07, 6.45) is 2.05. The van der Waals surface area contributed by atoms with Gasteiger partial charge in [0.2, 0.25) is 13.6 Å². The zero-order valence-corrected chi connectivity index (χ0v) is 27.1. The lowest BCUT2D eigenvalue weighted by Gasteiger charge is -2.12. The monoisotopic (exact) mass is 684 g/mol. The average molecular weight is 685 g/mol. The van der Waals surface area contributed by atoms with Crippen molar-refractivity contribution in [2.75, 3.05) is 13.6 Å². The lowest BCUT2D eigenvalue weighted by atomic mass is 10.1. The maximum absolute atomic E-state index is 13.6.